The lowest BCUT2D eigenvalue weighted by Crippen LogP contribution is -2.44. The topological polar surface area (TPSA) is 15.3 Å². The van der Waals surface area contributed by atoms with Crippen LogP contribution in [0.25, 0.3) is 0 Å². The number of piperidine rings is 1. The molecule has 2 rings (SSSR count). The Morgan fingerprint density at radius 1 is 1.22 bits per heavy atom. The minimum Gasteiger partial charge on any atom is -0.317 e. The molecule has 0 atom stereocenters. The minimum absolute atomic E-state index is 0.0247. The Kier molecular flexibility index (Phi) is 6.03. The van der Waals surface area contributed by atoms with Crippen molar-refractivity contribution in [1.29, 1.82) is 0 Å². The molecule has 0 unspecified atom stereocenters. The van der Waals surface area contributed by atoms with Crippen molar-refractivity contribution in [1.82, 2.24) is 10.2 Å². The third-order valence-corrected chi connectivity index (χ3v) is 4.17. The molecule has 1 fully saturated rings. The van der Waals surface area contributed by atoms with Gasteiger partial charge in [-0.1, -0.05) is 13.8 Å². The number of hydrogen-bond donors (Lipinski definition) is 1. The second kappa shape index (κ2) is 7.62. The highest BCUT2D eigenvalue weighted by atomic mass is 19.4. The van der Waals surface area contributed by atoms with Crippen molar-refractivity contribution in [2.24, 2.45) is 5.92 Å². The Balaban J connectivity index is 2.26. The molecular weight excluding hydrogens is 308 g/mol. The van der Waals surface area contributed by atoms with Crippen LogP contribution in [-0.2, 0) is 12.7 Å². The van der Waals surface area contributed by atoms with Crippen LogP contribution in [0.2, 0.25) is 0 Å². The lowest BCUT2D eigenvalue weighted by Gasteiger charge is -2.36. The summed E-state index contributed by atoms with van der Waals surface area (Å²) in [6, 6.07) is 2.99. The number of benzene rings is 1. The lowest BCUT2D eigenvalue weighted by atomic mass is 10.00. The number of hydrogen-bond acceptors (Lipinski definition) is 2. The van der Waals surface area contributed by atoms with E-state index in [0.717, 1.165) is 44.1 Å². The Morgan fingerprint density at radius 2 is 1.87 bits per heavy atom. The summed E-state index contributed by atoms with van der Waals surface area (Å²) in [4.78, 5) is 2.08. The highest BCUT2D eigenvalue weighted by Crippen LogP contribution is 2.33. The van der Waals surface area contributed by atoms with Gasteiger partial charge in [-0.05, 0) is 55.6 Å². The van der Waals surface area contributed by atoms with E-state index < -0.39 is 17.6 Å². The van der Waals surface area contributed by atoms with Crippen LogP contribution < -0.4 is 5.32 Å². The van der Waals surface area contributed by atoms with Crippen LogP contribution in [-0.4, -0.2) is 30.6 Å². The zero-order chi connectivity index (χ0) is 17.0. The smallest absolute Gasteiger partial charge is 0.317 e. The highest BCUT2D eigenvalue weighted by molar-refractivity contribution is 5.30. The summed E-state index contributed by atoms with van der Waals surface area (Å²) in [6.07, 6.45) is -2.65. The van der Waals surface area contributed by atoms with Crippen molar-refractivity contribution in [3.05, 3.63) is 35.1 Å². The third-order valence-electron chi connectivity index (χ3n) is 4.17. The van der Waals surface area contributed by atoms with Crippen LogP contribution in [0.3, 0.4) is 0 Å². The van der Waals surface area contributed by atoms with E-state index in [4.69, 9.17) is 0 Å². The van der Waals surface area contributed by atoms with Gasteiger partial charge in [-0.25, -0.2) is 4.39 Å². The third kappa shape index (κ3) is 5.18. The monoisotopic (exact) mass is 332 g/mol. The van der Waals surface area contributed by atoms with Crippen molar-refractivity contribution in [2.45, 2.75) is 45.5 Å². The molecule has 0 spiro atoms. The fourth-order valence-electron chi connectivity index (χ4n) is 3.17. The van der Waals surface area contributed by atoms with Crippen molar-refractivity contribution in [3.8, 4) is 0 Å². The van der Waals surface area contributed by atoms with Gasteiger partial charge in [-0.2, -0.15) is 13.2 Å². The van der Waals surface area contributed by atoms with E-state index in [0.29, 0.717) is 12.5 Å². The van der Waals surface area contributed by atoms with Gasteiger partial charge in [-0.15, -0.1) is 0 Å². The molecule has 0 aliphatic carbocycles. The average Bonchev–Trinajstić information content (AvgIpc) is 2.46. The molecule has 0 aromatic heterocycles. The first-order chi connectivity index (χ1) is 10.8. The first-order valence-corrected chi connectivity index (χ1v) is 8.07. The SMILES string of the molecule is CC(C)CN(Cc1cc(F)ccc1C(F)(F)F)C1CCNCC1. The Bertz CT molecular complexity index is 508. The first kappa shape index (κ1) is 18.2. The lowest BCUT2D eigenvalue weighted by molar-refractivity contribution is -0.138. The van der Waals surface area contributed by atoms with Crippen LogP contribution in [0, 0.1) is 11.7 Å². The first-order valence-electron chi connectivity index (χ1n) is 8.07. The molecule has 0 bridgehead atoms. The molecule has 1 N–H and O–H groups in total. The average molecular weight is 332 g/mol. The van der Waals surface area contributed by atoms with Gasteiger partial charge in [0.05, 0.1) is 5.56 Å². The molecule has 1 aromatic rings. The summed E-state index contributed by atoms with van der Waals surface area (Å²) in [5.41, 5.74) is -0.710. The van der Waals surface area contributed by atoms with Gasteiger partial charge in [0, 0.05) is 19.1 Å². The molecule has 6 heteroatoms. The molecule has 0 saturated carbocycles. The number of rotatable bonds is 5. The van der Waals surface area contributed by atoms with E-state index in [2.05, 4.69) is 10.2 Å². The number of nitrogens with one attached hydrogen (secondary N) is 1. The molecular formula is C17H24F4N2. The predicted molar refractivity (Wildman–Crippen MR) is 82.5 cm³/mol. The molecule has 0 radical (unpaired) electrons. The Labute approximate surface area is 134 Å². The van der Waals surface area contributed by atoms with E-state index >= 15 is 0 Å². The second-order valence-corrected chi connectivity index (χ2v) is 6.60. The largest absolute Gasteiger partial charge is 0.416 e. The van der Waals surface area contributed by atoms with Gasteiger partial charge in [0.1, 0.15) is 5.82 Å². The molecule has 1 aromatic carbocycles. The molecule has 0 amide bonds. The summed E-state index contributed by atoms with van der Waals surface area (Å²) >= 11 is 0. The number of halogens is 4. The standard InChI is InChI=1S/C17H24F4N2/c1-12(2)10-23(15-5-7-22-8-6-15)11-13-9-14(18)3-4-16(13)17(19,20)21/h3-4,9,12,15,22H,5-8,10-11H2,1-2H3. The van der Waals surface area contributed by atoms with Crippen molar-refractivity contribution >= 4 is 0 Å². The van der Waals surface area contributed by atoms with Gasteiger partial charge >= 0.3 is 6.18 Å². The molecule has 1 aliphatic rings. The van der Waals surface area contributed by atoms with Crippen LogP contribution in [0.4, 0.5) is 17.6 Å². The van der Waals surface area contributed by atoms with E-state index in [-0.39, 0.29) is 18.2 Å². The molecule has 1 saturated heterocycles. The zero-order valence-corrected chi connectivity index (χ0v) is 13.6. The zero-order valence-electron chi connectivity index (χ0n) is 13.6. The van der Waals surface area contributed by atoms with Gasteiger partial charge in [-0.3, -0.25) is 4.90 Å². The van der Waals surface area contributed by atoms with Crippen molar-refractivity contribution < 1.29 is 17.6 Å². The summed E-state index contributed by atoms with van der Waals surface area (Å²) in [6.45, 7) is 6.67. The summed E-state index contributed by atoms with van der Waals surface area (Å²) in [7, 11) is 0. The van der Waals surface area contributed by atoms with Crippen molar-refractivity contribution in [2.75, 3.05) is 19.6 Å². The number of alkyl halides is 3. The Hall–Kier alpha value is -1.14. The molecule has 2 nitrogen and oxygen atoms in total. The molecule has 23 heavy (non-hydrogen) atoms. The maximum absolute atomic E-state index is 13.5. The van der Waals surface area contributed by atoms with E-state index in [1.807, 2.05) is 13.8 Å². The predicted octanol–water partition coefficient (Wildman–Crippen LogP) is 4.05. The molecule has 130 valence electrons. The quantitative estimate of drug-likeness (QED) is 0.818. The van der Waals surface area contributed by atoms with Crippen LogP contribution in [0.5, 0.6) is 0 Å². The summed E-state index contributed by atoms with van der Waals surface area (Å²) < 4.78 is 53.0. The van der Waals surface area contributed by atoms with Crippen molar-refractivity contribution in [3.63, 3.8) is 0 Å². The minimum atomic E-state index is -4.46. The van der Waals surface area contributed by atoms with Gasteiger partial charge < -0.3 is 5.32 Å². The van der Waals surface area contributed by atoms with E-state index in [9.17, 15) is 17.6 Å². The second-order valence-electron chi connectivity index (χ2n) is 6.60. The fraction of sp³-hybridized carbons (Fsp3) is 0.647. The van der Waals surface area contributed by atoms with E-state index in [1.165, 1.54) is 0 Å². The number of nitrogens with zero attached hydrogens (tertiary/aromatic N) is 1. The highest BCUT2D eigenvalue weighted by Gasteiger charge is 2.34. The summed E-state index contributed by atoms with van der Waals surface area (Å²) in [5, 5.41) is 3.26. The van der Waals surface area contributed by atoms with Crippen LogP contribution >= 0.6 is 0 Å². The maximum Gasteiger partial charge on any atom is 0.416 e. The molecule has 1 aliphatic heterocycles. The van der Waals surface area contributed by atoms with Crippen LogP contribution in [0.15, 0.2) is 18.2 Å². The maximum atomic E-state index is 13.5. The Morgan fingerprint density at radius 3 is 2.43 bits per heavy atom. The van der Waals surface area contributed by atoms with Gasteiger partial charge in [0.25, 0.3) is 0 Å². The van der Waals surface area contributed by atoms with Gasteiger partial charge in [0.2, 0.25) is 0 Å². The molecule has 1 heterocycles. The summed E-state index contributed by atoms with van der Waals surface area (Å²) in [5.74, 6) is -0.282. The fourth-order valence-corrected chi connectivity index (χ4v) is 3.17. The normalized spacial score (nSPS) is 17.2. The van der Waals surface area contributed by atoms with Crippen LogP contribution in [0.1, 0.15) is 37.8 Å². The van der Waals surface area contributed by atoms with E-state index in [1.54, 1.807) is 0 Å². The van der Waals surface area contributed by atoms with Gasteiger partial charge in [0.15, 0.2) is 0 Å².